The van der Waals surface area contributed by atoms with Gasteiger partial charge in [0, 0.05) is 10.0 Å². The number of nitrogens with one attached hydrogen (secondary N) is 1. The molecule has 0 heterocycles. The number of hydrazine groups is 1. The van der Waals surface area contributed by atoms with Crippen molar-refractivity contribution in [3.05, 3.63) is 68.4 Å². The first kappa shape index (κ1) is 15.5. The molecule has 1 unspecified atom stereocenters. The molecule has 0 aliphatic heterocycles. The third kappa shape index (κ3) is 3.62. The first-order valence-electron chi connectivity index (χ1n) is 5.86. The van der Waals surface area contributed by atoms with Gasteiger partial charge in [-0.15, -0.1) is 0 Å². The standard InChI is InChI=1S/C14H12Cl3FN2/c15-9-2-3-10(12(17)7-9)14(20-19)6-8-1-4-11(16)13(18)5-8/h1-5,7,14,20H,6,19H2. The molecule has 0 amide bonds. The molecule has 0 fully saturated rings. The maximum atomic E-state index is 13.4. The molecule has 2 aromatic carbocycles. The SMILES string of the molecule is NNC(Cc1ccc(Cl)c(F)c1)c1ccc(Cl)cc1Cl. The van der Waals surface area contributed by atoms with Crippen LogP contribution >= 0.6 is 34.8 Å². The molecule has 0 saturated carbocycles. The molecule has 0 radical (unpaired) electrons. The van der Waals surface area contributed by atoms with Crippen LogP contribution in [-0.4, -0.2) is 0 Å². The molecule has 0 bridgehead atoms. The van der Waals surface area contributed by atoms with Crippen LogP contribution in [0.15, 0.2) is 36.4 Å². The Hall–Kier alpha value is -0.840. The summed E-state index contributed by atoms with van der Waals surface area (Å²) < 4.78 is 13.4. The summed E-state index contributed by atoms with van der Waals surface area (Å²) >= 11 is 17.7. The van der Waals surface area contributed by atoms with Crippen LogP contribution < -0.4 is 11.3 Å². The van der Waals surface area contributed by atoms with E-state index < -0.39 is 5.82 Å². The Labute approximate surface area is 131 Å². The van der Waals surface area contributed by atoms with Gasteiger partial charge < -0.3 is 0 Å². The lowest BCUT2D eigenvalue weighted by molar-refractivity contribution is 0.549. The van der Waals surface area contributed by atoms with Crippen LogP contribution in [0.3, 0.4) is 0 Å². The van der Waals surface area contributed by atoms with E-state index in [2.05, 4.69) is 5.43 Å². The fourth-order valence-corrected chi connectivity index (χ4v) is 2.60. The van der Waals surface area contributed by atoms with Crippen LogP contribution in [0.2, 0.25) is 15.1 Å². The van der Waals surface area contributed by atoms with E-state index in [9.17, 15) is 4.39 Å². The van der Waals surface area contributed by atoms with E-state index >= 15 is 0 Å². The first-order valence-corrected chi connectivity index (χ1v) is 6.99. The van der Waals surface area contributed by atoms with Gasteiger partial charge in [-0.05, 0) is 41.8 Å². The summed E-state index contributed by atoms with van der Waals surface area (Å²) in [6.45, 7) is 0. The zero-order valence-electron chi connectivity index (χ0n) is 10.3. The third-order valence-electron chi connectivity index (χ3n) is 2.96. The Kier molecular flexibility index (Phi) is 5.24. The quantitative estimate of drug-likeness (QED) is 0.637. The van der Waals surface area contributed by atoms with Gasteiger partial charge in [0.15, 0.2) is 0 Å². The van der Waals surface area contributed by atoms with Crippen LogP contribution in [0.25, 0.3) is 0 Å². The number of benzene rings is 2. The summed E-state index contributed by atoms with van der Waals surface area (Å²) in [5.74, 6) is 5.11. The highest BCUT2D eigenvalue weighted by atomic mass is 35.5. The summed E-state index contributed by atoms with van der Waals surface area (Å²) in [7, 11) is 0. The molecule has 2 aromatic rings. The second-order valence-electron chi connectivity index (χ2n) is 4.34. The van der Waals surface area contributed by atoms with Crippen molar-refractivity contribution in [1.29, 1.82) is 0 Å². The second kappa shape index (κ2) is 6.74. The normalized spacial score (nSPS) is 12.4. The maximum Gasteiger partial charge on any atom is 0.142 e. The van der Waals surface area contributed by atoms with E-state index in [4.69, 9.17) is 40.6 Å². The van der Waals surface area contributed by atoms with Crippen molar-refractivity contribution < 1.29 is 4.39 Å². The van der Waals surface area contributed by atoms with Crippen molar-refractivity contribution in [3.8, 4) is 0 Å². The minimum atomic E-state index is -0.456. The van der Waals surface area contributed by atoms with Crippen LogP contribution in [0.5, 0.6) is 0 Å². The highest BCUT2D eigenvalue weighted by Crippen LogP contribution is 2.28. The van der Waals surface area contributed by atoms with E-state index in [1.54, 1.807) is 24.3 Å². The molecule has 0 aliphatic carbocycles. The summed E-state index contributed by atoms with van der Waals surface area (Å²) in [6.07, 6.45) is 0.478. The van der Waals surface area contributed by atoms with Gasteiger partial charge in [-0.1, -0.05) is 46.9 Å². The topological polar surface area (TPSA) is 38.0 Å². The van der Waals surface area contributed by atoms with Gasteiger partial charge in [0.1, 0.15) is 5.82 Å². The largest absolute Gasteiger partial charge is 0.271 e. The lowest BCUT2D eigenvalue weighted by Gasteiger charge is -2.18. The number of hydrogen-bond donors (Lipinski definition) is 2. The third-order valence-corrected chi connectivity index (χ3v) is 3.83. The van der Waals surface area contributed by atoms with Crippen molar-refractivity contribution in [1.82, 2.24) is 5.43 Å². The van der Waals surface area contributed by atoms with E-state index in [-0.39, 0.29) is 11.1 Å². The van der Waals surface area contributed by atoms with Crippen LogP contribution in [0, 0.1) is 5.82 Å². The van der Waals surface area contributed by atoms with E-state index in [1.165, 1.54) is 12.1 Å². The zero-order chi connectivity index (χ0) is 14.7. The van der Waals surface area contributed by atoms with Crippen LogP contribution in [0.4, 0.5) is 4.39 Å². The van der Waals surface area contributed by atoms with Gasteiger partial charge in [0.2, 0.25) is 0 Å². The molecule has 6 heteroatoms. The van der Waals surface area contributed by atoms with E-state index in [0.717, 1.165) is 11.1 Å². The van der Waals surface area contributed by atoms with Gasteiger partial charge >= 0.3 is 0 Å². The Morgan fingerprint density at radius 2 is 1.80 bits per heavy atom. The monoisotopic (exact) mass is 332 g/mol. The Balaban J connectivity index is 2.26. The zero-order valence-corrected chi connectivity index (χ0v) is 12.6. The Morgan fingerprint density at radius 1 is 1.05 bits per heavy atom. The summed E-state index contributed by atoms with van der Waals surface area (Å²) in [4.78, 5) is 0. The first-order chi connectivity index (χ1) is 9.51. The van der Waals surface area contributed by atoms with Crippen molar-refractivity contribution in [2.45, 2.75) is 12.5 Å². The van der Waals surface area contributed by atoms with Crippen LogP contribution in [0.1, 0.15) is 17.2 Å². The molecule has 106 valence electrons. The lowest BCUT2D eigenvalue weighted by Crippen LogP contribution is -2.29. The van der Waals surface area contributed by atoms with Crippen molar-refractivity contribution >= 4 is 34.8 Å². The highest BCUT2D eigenvalue weighted by molar-refractivity contribution is 6.35. The summed E-state index contributed by atoms with van der Waals surface area (Å²) in [5.41, 5.74) is 4.24. The molecule has 0 spiro atoms. The van der Waals surface area contributed by atoms with Gasteiger partial charge in [-0.3, -0.25) is 11.3 Å². The number of halogens is 4. The molecular weight excluding hydrogens is 322 g/mol. The smallest absolute Gasteiger partial charge is 0.142 e. The molecule has 2 rings (SSSR count). The van der Waals surface area contributed by atoms with E-state index in [0.29, 0.717) is 16.5 Å². The van der Waals surface area contributed by atoms with Crippen LogP contribution in [-0.2, 0) is 6.42 Å². The predicted molar refractivity (Wildman–Crippen MR) is 81.6 cm³/mol. The fraction of sp³-hybridized carbons (Fsp3) is 0.143. The number of rotatable bonds is 4. The molecule has 0 aromatic heterocycles. The van der Waals surface area contributed by atoms with Gasteiger partial charge in [-0.25, -0.2) is 4.39 Å². The minimum absolute atomic E-state index is 0.0931. The van der Waals surface area contributed by atoms with Gasteiger partial charge in [0.25, 0.3) is 0 Å². The minimum Gasteiger partial charge on any atom is -0.271 e. The Morgan fingerprint density at radius 3 is 2.40 bits per heavy atom. The predicted octanol–water partition coefficient (Wildman–Crippen LogP) is 4.53. The van der Waals surface area contributed by atoms with E-state index in [1.807, 2.05) is 0 Å². The molecule has 0 saturated heterocycles. The molecular formula is C14H12Cl3FN2. The number of nitrogens with two attached hydrogens (primary N) is 1. The lowest BCUT2D eigenvalue weighted by atomic mass is 9.99. The maximum absolute atomic E-state index is 13.4. The summed E-state index contributed by atoms with van der Waals surface area (Å²) in [6, 6.07) is 9.57. The number of hydrogen-bond acceptors (Lipinski definition) is 2. The Bertz CT molecular complexity index is 619. The fourth-order valence-electron chi connectivity index (χ4n) is 1.95. The average molecular weight is 334 g/mol. The highest BCUT2D eigenvalue weighted by Gasteiger charge is 2.15. The van der Waals surface area contributed by atoms with Gasteiger partial charge in [0.05, 0.1) is 11.1 Å². The molecule has 20 heavy (non-hydrogen) atoms. The van der Waals surface area contributed by atoms with Crippen molar-refractivity contribution in [2.75, 3.05) is 0 Å². The molecule has 3 N–H and O–H groups in total. The molecule has 0 aliphatic rings. The molecule has 1 atom stereocenters. The van der Waals surface area contributed by atoms with Gasteiger partial charge in [-0.2, -0.15) is 0 Å². The van der Waals surface area contributed by atoms with Crippen molar-refractivity contribution in [2.24, 2.45) is 5.84 Å². The average Bonchev–Trinajstić information content (AvgIpc) is 2.41. The summed E-state index contributed by atoms with van der Waals surface area (Å²) in [5, 5.41) is 1.15. The molecule has 2 nitrogen and oxygen atoms in total. The van der Waals surface area contributed by atoms with Crippen molar-refractivity contribution in [3.63, 3.8) is 0 Å². The second-order valence-corrected chi connectivity index (χ2v) is 5.59.